The van der Waals surface area contributed by atoms with Crippen LogP contribution in [-0.2, 0) is 4.74 Å². The fourth-order valence-corrected chi connectivity index (χ4v) is 0.809. The number of ether oxygens (including phenoxy) is 1. The summed E-state index contributed by atoms with van der Waals surface area (Å²) in [5, 5.41) is 3.66. The van der Waals surface area contributed by atoms with Gasteiger partial charge in [-0.25, -0.2) is 15.2 Å². The first-order valence-electron chi connectivity index (χ1n) is 4.19. The molecule has 0 fully saturated rings. The van der Waals surface area contributed by atoms with E-state index in [1.807, 2.05) is 6.92 Å². The molecule has 1 amide bonds. The van der Waals surface area contributed by atoms with E-state index in [4.69, 9.17) is 0 Å². The van der Waals surface area contributed by atoms with Crippen molar-refractivity contribution in [2.45, 2.75) is 13.8 Å². The SMILES string of the molecule is CCOC(=O)NN=Cc1nc[nH]c1C. The van der Waals surface area contributed by atoms with E-state index in [0.29, 0.717) is 12.3 Å². The number of aromatic amines is 1. The Morgan fingerprint density at radius 3 is 3.21 bits per heavy atom. The first kappa shape index (κ1) is 10.2. The number of nitrogens with one attached hydrogen (secondary N) is 2. The summed E-state index contributed by atoms with van der Waals surface area (Å²) in [7, 11) is 0. The summed E-state index contributed by atoms with van der Waals surface area (Å²) >= 11 is 0. The molecule has 0 saturated carbocycles. The summed E-state index contributed by atoms with van der Waals surface area (Å²) in [6.07, 6.45) is 2.43. The summed E-state index contributed by atoms with van der Waals surface area (Å²) in [4.78, 5) is 17.6. The Kier molecular flexibility index (Phi) is 3.66. The van der Waals surface area contributed by atoms with E-state index in [-0.39, 0.29) is 0 Å². The fraction of sp³-hybridized carbons (Fsp3) is 0.375. The van der Waals surface area contributed by atoms with E-state index in [2.05, 4.69) is 25.2 Å². The Morgan fingerprint density at radius 1 is 1.86 bits per heavy atom. The Balaban J connectivity index is 2.42. The highest BCUT2D eigenvalue weighted by Gasteiger charge is 1.98. The average molecular weight is 196 g/mol. The van der Waals surface area contributed by atoms with E-state index in [1.54, 1.807) is 13.3 Å². The summed E-state index contributed by atoms with van der Waals surface area (Å²) in [5.41, 5.74) is 3.77. The van der Waals surface area contributed by atoms with E-state index in [9.17, 15) is 4.79 Å². The van der Waals surface area contributed by atoms with E-state index in [0.717, 1.165) is 5.69 Å². The lowest BCUT2D eigenvalue weighted by atomic mass is 10.4. The number of aromatic nitrogens is 2. The first-order valence-corrected chi connectivity index (χ1v) is 4.19. The second kappa shape index (κ2) is 5.00. The Morgan fingerprint density at radius 2 is 2.64 bits per heavy atom. The van der Waals surface area contributed by atoms with Gasteiger partial charge in [-0.1, -0.05) is 0 Å². The molecule has 0 radical (unpaired) electrons. The van der Waals surface area contributed by atoms with Crippen LogP contribution in [0.2, 0.25) is 0 Å². The maximum Gasteiger partial charge on any atom is 0.427 e. The molecule has 6 nitrogen and oxygen atoms in total. The molecule has 0 unspecified atom stereocenters. The monoisotopic (exact) mass is 196 g/mol. The Labute approximate surface area is 81.4 Å². The zero-order valence-corrected chi connectivity index (χ0v) is 8.07. The highest BCUT2D eigenvalue weighted by molar-refractivity contribution is 5.79. The van der Waals surface area contributed by atoms with Gasteiger partial charge >= 0.3 is 6.09 Å². The van der Waals surface area contributed by atoms with E-state index in [1.165, 1.54) is 6.21 Å². The van der Waals surface area contributed by atoms with Crippen LogP contribution in [0, 0.1) is 6.92 Å². The van der Waals surface area contributed by atoms with Gasteiger partial charge in [0.05, 0.1) is 19.1 Å². The number of nitrogens with zero attached hydrogens (tertiary/aromatic N) is 2. The molecule has 6 heteroatoms. The third-order valence-corrected chi connectivity index (χ3v) is 1.49. The number of aryl methyl sites for hydroxylation is 1. The second-order valence-corrected chi connectivity index (χ2v) is 2.50. The van der Waals surface area contributed by atoms with Crippen molar-refractivity contribution in [1.82, 2.24) is 15.4 Å². The maximum absolute atomic E-state index is 10.8. The smallest absolute Gasteiger partial charge is 0.427 e. The maximum atomic E-state index is 10.8. The van der Waals surface area contributed by atoms with Crippen molar-refractivity contribution < 1.29 is 9.53 Å². The van der Waals surface area contributed by atoms with Gasteiger partial charge in [0.1, 0.15) is 5.69 Å². The zero-order chi connectivity index (χ0) is 10.4. The van der Waals surface area contributed by atoms with Gasteiger partial charge in [0, 0.05) is 5.69 Å². The molecular weight excluding hydrogens is 184 g/mol. The van der Waals surface area contributed by atoms with Crippen molar-refractivity contribution in [1.29, 1.82) is 0 Å². The molecule has 1 heterocycles. The van der Waals surface area contributed by atoms with Crippen LogP contribution >= 0.6 is 0 Å². The number of amides is 1. The molecule has 0 aliphatic heterocycles. The van der Waals surface area contributed by atoms with Gasteiger partial charge in [-0.3, -0.25) is 0 Å². The fourth-order valence-electron chi connectivity index (χ4n) is 0.809. The number of hydrogen-bond acceptors (Lipinski definition) is 4. The molecule has 1 aromatic heterocycles. The second-order valence-electron chi connectivity index (χ2n) is 2.50. The molecule has 0 atom stereocenters. The minimum Gasteiger partial charge on any atom is -0.449 e. The topological polar surface area (TPSA) is 79.4 Å². The number of H-pyrrole nitrogens is 1. The largest absolute Gasteiger partial charge is 0.449 e. The number of imidazole rings is 1. The average Bonchev–Trinajstić information content (AvgIpc) is 2.52. The van der Waals surface area contributed by atoms with Crippen molar-refractivity contribution in [2.75, 3.05) is 6.61 Å². The lowest BCUT2D eigenvalue weighted by Crippen LogP contribution is -2.18. The van der Waals surface area contributed by atoms with Gasteiger partial charge in [-0.2, -0.15) is 5.10 Å². The van der Waals surface area contributed by atoms with Gasteiger partial charge < -0.3 is 9.72 Å². The Hall–Kier alpha value is -1.85. The lowest BCUT2D eigenvalue weighted by molar-refractivity contribution is 0.152. The summed E-state index contributed by atoms with van der Waals surface area (Å²) in [5.74, 6) is 0. The molecule has 0 aromatic carbocycles. The molecule has 1 rings (SSSR count). The zero-order valence-electron chi connectivity index (χ0n) is 8.07. The van der Waals surface area contributed by atoms with Crippen LogP contribution in [-0.4, -0.2) is 28.9 Å². The number of rotatable bonds is 3. The molecule has 0 aliphatic rings. The summed E-state index contributed by atoms with van der Waals surface area (Å²) in [6.45, 7) is 3.91. The van der Waals surface area contributed by atoms with E-state index < -0.39 is 6.09 Å². The highest BCUT2D eigenvalue weighted by atomic mass is 16.5. The minimum atomic E-state index is -0.572. The van der Waals surface area contributed by atoms with Crippen molar-refractivity contribution in [2.24, 2.45) is 5.10 Å². The number of hydrogen-bond donors (Lipinski definition) is 2. The quantitative estimate of drug-likeness (QED) is 0.554. The van der Waals surface area contributed by atoms with Crippen LogP contribution in [0.1, 0.15) is 18.3 Å². The molecular formula is C8H12N4O2. The lowest BCUT2D eigenvalue weighted by Gasteiger charge is -1.97. The first-order chi connectivity index (χ1) is 6.74. The minimum absolute atomic E-state index is 0.322. The van der Waals surface area contributed by atoms with Crippen LogP contribution in [0.4, 0.5) is 4.79 Å². The standard InChI is InChI=1S/C8H12N4O2/c1-3-14-8(13)12-11-4-7-6(2)9-5-10-7/h4-5H,3H2,1-2H3,(H,9,10)(H,12,13). The molecule has 0 saturated heterocycles. The van der Waals surface area contributed by atoms with Gasteiger partial charge in [-0.05, 0) is 13.8 Å². The molecule has 76 valence electrons. The van der Waals surface area contributed by atoms with Gasteiger partial charge in [0.25, 0.3) is 0 Å². The van der Waals surface area contributed by atoms with Crippen LogP contribution < -0.4 is 5.43 Å². The number of carbonyl (C=O) groups is 1. The van der Waals surface area contributed by atoms with Crippen LogP contribution in [0.5, 0.6) is 0 Å². The normalized spacial score (nSPS) is 10.4. The third kappa shape index (κ3) is 2.89. The third-order valence-electron chi connectivity index (χ3n) is 1.49. The molecule has 0 aliphatic carbocycles. The number of hydrazone groups is 1. The molecule has 2 N–H and O–H groups in total. The predicted octanol–water partition coefficient (Wildman–Crippen LogP) is 0.798. The van der Waals surface area contributed by atoms with Crippen LogP contribution in [0.15, 0.2) is 11.4 Å². The summed E-state index contributed by atoms with van der Waals surface area (Å²) < 4.78 is 4.60. The van der Waals surface area contributed by atoms with Crippen molar-refractivity contribution >= 4 is 12.3 Å². The van der Waals surface area contributed by atoms with Crippen molar-refractivity contribution in [3.63, 3.8) is 0 Å². The van der Waals surface area contributed by atoms with Crippen molar-refractivity contribution in [3.05, 3.63) is 17.7 Å². The molecule has 1 aromatic rings. The van der Waals surface area contributed by atoms with Crippen LogP contribution in [0.3, 0.4) is 0 Å². The van der Waals surface area contributed by atoms with Gasteiger partial charge in [-0.15, -0.1) is 0 Å². The van der Waals surface area contributed by atoms with Crippen LogP contribution in [0.25, 0.3) is 0 Å². The predicted molar refractivity (Wildman–Crippen MR) is 51.1 cm³/mol. The number of carbonyl (C=O) groups excluding carboxylic acids is 1. The molecule has 14 heavy (non-hydrogen) atoms. The molecule has 0 bridgehead atoms. The molecule has 0 spiro atoms. The van der Waals surface area contributed by atoms with Gasteiger partial charge in [0.2, 0.25) is 0 Å². The highest BCUT2D eigenvalue weighted by Crippen LogP contribution is 1.95. The van der Waals surface area contributed by atoms with Gasteiger partial charge in [0.15, 0.2) is 0 Å². The van der Waals surface area contributed by atoms with E-state index >= 15 is 0 Å². The Bertz CT molecular complexity index is 332. The summed E-state index contributed by atoms with van der Waals surface area (Å²) in [6, 6.07) is 0. The van der Waals surface area contributed by atoms with Crippen molar-refractivity contribution in [3.8, 4) is 0 Å².